The summed E-state index contributed by atoms with van der Waals surface area (Å²) in [5.41, 5.74) is 1.72. The van der Waals surface area contributed by atoms with Crippen molar-refractivity contribution >= 4 is 22.8 Å². The van der Waals surface area contributed by atoms with E-state index >= 15 is 0 Å². The number of nitrogens with zero attached hydrogens (tertiary/aromatic N) is 2. The van der Waals surface area contributed by atoms with Gasteiger partial charge < -0.3 is 19.3 Å². The predicted molar refractivity (Wildman–Crippen MR) is 101 cm³/mol. The number of aliphatic hydroxyl groups is 1. The number of likely N-dealkylation sites (tertiary alicyclic amines) is 2. The van der Waals surface area contributed by atoms with Crippen molar-refractivity contribution in [3.8, 4) is 0 Å². The lowest BCUT2D eigenvalue weighted by molar-refractivity contribution is -0.139. The van der Waals surface area contributed by atoms with E-state index in [1.54, 1.807) is 4.90 Å². The lowest BCUT2D eigenvalue weighted by Gasteiger charge is -2.48. The SMILES string of the molecule is Cc1cccc2cc(C(=O)N3CCCC4(CCC(=O)N(CCO)C4)C3)oc12. The van der Waals surface area contributed by atoms with Gasteiger partial charge in [-0.1, -0.05) is 18.2 Å². The van der Waals surface area contributed by atoms with Crippen molar-refractivity contribution in [3.05, 3.63) is 35.6 Å². The van der Waals surface area contributed by atoms with Crippen molar-refractivity contribution in [2.24, 2.45) is 5.41 Å². The largest absolute Gasteiger partial charge is 0.451 e. The number of carbonyl (C=O) groups is 2. The Morgan fingerprint density at radius 2 is 2.15 bits per heavy atom. The van der Waals surface area contributed by atoms with E-state index in [1.807, 2.05) is 36.1 Å². The van der Waals surface area contributed by atoms with E-state index in [0.29, 0.717) is 38.4 Å². The smallest absolute Gasteiger partial charge is 0.289 e. The van der Waals surface area contributed by atoms with E-state index in [4.69, 9.17) is 4.42 Å². The van der Waals surface area contributed by atoms with Gasteiger partial charge in [0.1, 0.15) is 5.58 Å². The lowest BCUT2D eigenvalue weighted by atomic mass is 9.73. The van der Waals surface area contributed by atoms with E-state index < -0.39 is 0 Å². The van der Waals surface area contributed by atoms with Crippen LogP contribution in [0.1, 0.15) is 41.8 Å². The molecule has 2 aliphatic heterocycles. The molecule has 4 rings (SSSR count). The van der Waals surface area contributed by atoms with Gasteiger partial charge in [-0.2, -0.15) is 0 Å². The van der Waals surface area contributed by atoms with Crippen LogP contribution < -0.4 is 0 Å². The number of fused-ring (bicyclic) bond motifs is 1. The Morgan fingerprint density at radius 3 is 2.93 bits per heavy atom. The van der Waals surface area contributed by atoms with E-state index in [0.717, 1.165) is 35.8 Å². The van der Waals surface area contributed by atoms with E-state index in [9.17, 15) is 14.7 Å². The molecule has 1 aromatic carbocycles. The molecule has 0 aliphatic carbocycles. The van der Waals surface area contributed by atoms with Crippen LogP contribution in [0, 0.1) is 12.3 Å². The number of aryl methyl sites for hydroxylation is 1. The number of β-amino-alcohol motifs (C(OH)–C–C–N with tert-alkyl or cyclic N) is 1. The summed E-state index contributed by atoms with van der Waals surface area (Å²) in [7, 11) is 0. The summed E-state index contributed by atoms with van der Waals surface area (Å²) in [4.78, 5) is 28.8. The molecule has 2 aromatic rings. The molecule has 0 bridgehead atoms. The van der Waals surface area contributed by atoms with Crippen LogP contribution in [0.5, 0.6) is 0 Å². The Morgan fingerprint density at radius 1 is 1.30 bits per heavy atom. The topological polar surface area (TPSA) is 74.0 Å². The molecule has 144 valence electrons. The maximum atomic E-state index is 13.1. The van der Waals surface area contributed by atoms with Crippen LogP contribution in [-0.4, -0.2) is 59.5 Å². The highest BCUT2D eigenvalue weighted by Crippen LogP contribution is 2.39. The van der Waals surface area contributed by atoms with Crippen LogP contribution in [0.25, 0.3) is 11.0 Å². The minimum atomic E-state index is -0.0738. The maximum absolute atomic E-state index is 13.1. The monoisotopic (exact) mass is 370 g/mol. The molecule has 1 spiro atoms. The first kappa shape index (κ1) is 18.0. The van der Waals surface area contributed by atoms with Gasteiger partial charge in [0.25, 0.3) is 5.91 Å². The number of benzene rings is 1. The zero-order chi connectivity index (χ0) is 19.0. The fourth-order valence-electron chi connectivity index (χ4n) is 4.61. The Hall–Kier alpha value is -2.34. The molecular weight excluding hydrogens is 344 g/mol. The van der Waals surface area contributed by atoms with Gasteiger partial charge in [-0.25, -0.2) is 0 Å². The highest BCUT2D eigenvalue weighted by atomic mass is 16.3. The summed E-state index contributed by atoms with van der Waals surface area (Å²) in [5.74, 6) is 0.414. The molecular formula is C21H26N2O4. The zero-order valence-electron chi connectivity index (χ0n) is 15.7. The molecule has 1 unspecified atom stereocenters. The van der Waals surface area contributed by atoms with Gasteiger partial charge in [-0.05, 0) is 37.8 Å². The van der Waals surface area contributed by atoms with Crippen molar-refractivity contribution in [2.75, 3.05) is 32.8 Å². The lowest BCUT2D eigenvalue weighted by Crippen LogP contribution is -2.55. The minimum Gasteiger partial charge on any atom is -0.451 e. The summed E-state index contributed by atoms with van der Waals surface area (Å²) < 4.78 is 5.88. The fraction of sp³-hybridized carbons (Fsp3) is 0.524. The third-order valence-corrected chi connectivity index (χ3v) is 6.02. The molecule has 3 heterocycles. The third kappa shape index (κ3) is 3.34. The Balaban J connectivity index is 1.54. The zero-order valence-corrected chi connectivity index (χ0v) is 15.7. The van der Waals surface area contributed by atoms with Gasteiger partial charge in [-0.3, -0.25) is 9.59 Å². The molecule has 6 heteroatoms. The van der Waals surface area contributed by atoms with Crippen LogP contribution in [0.4, 0.5) is 0 Å². The molecule has 6 nitrogen and oxygen atoms in total. The molecule has 1 N–H and O–H groups in total. The van der Waals surface area contributed by atoms with Gasteiger partial charge in [-0.15, -0.1) is 0 Å². The van der Waals surface area contributed by atoms with Crippen molar-refractivity contribution in [3.63, 3.8) is 0 Å². The second-order valence-electron chi connectivity index (χ2n) is 7.97. The average molecular weight is 370 g/mol. The maximum Gasteiger partial charge on any atom is 0.289 e. The van der Waals surface area contributed by atoms with Crippen molar-refractivity contribution in [1.29, 1.82) is 0 Å². The number of amides is 2. The molecule has 0 saturated carbocycles. The standard InChI is InChI=1S/C21H26N2O4/c1-15-4-2-5-16-12-17(27-19(15)16)20(26)23-9-3-7-21(14-23)8-6-18(25)22(13-21)10-11-24/h2,4-5,12,24H,3,6-11,13-14H2,1H3. The second-order valence-corrected chi connectivity index (χ2v) is 7.97. The van der Waals surface area contributed by atoms with Gasteiger partial charge in [0.05, 0.1) is 6.61 Å². The Kier molecular flexibility index (Phi) is 4.68. The second kappa shape index (κ2) is 7.00. The highest BCUT2D eigenvalue weighted by Gasteiger charge is 2.43. The Labute approximate surface area is 158 Å². The number of hydrogen-bond acceptors (Lipinski definition) is 4. The number of aliphatic hydroxyl groups excluding tert-OH is 1. The summed E-state index contributed by atoms with van der Waals surface area (Å²) >= 11 is 0. The molecule has 1 atom stereocenters. The summed E-state index contributed by atoms with van der Waals surface area (Å²) in [6.07, 6.45) is 3.22. The summed E-state index contributed by atoms with van der Waals surface area (Å²) in [6.45, 7) is 4.29. The number of para-hydroxylation sites is 1. The van der Waals surface area contributed by atoms with Crippen LogP contribution in [-0.2, 0) is 4.79 Å². The normalized spacial score (nSPS) is 23.4. The average Bonchev–Trinajstić information content (AvgIpc) is 3.10. The Bertz CT molecular complexity index is 874. The van der Waals surface area contributed by atoms with Crippen LogP contribution >= 0.6 is 0 Å². The number of furan rings is 1. The van der Waals surface area contributed by atoms with Crippen LogP contribution in [0.3, 0.4) is 0 Å². The minimum absolute atomic E-state index is 0.0250. The highest BCUT2D eigenvalue weighted by molar-refractivity contribution is 5.96. The molecule has 2 saturated heterocycles. The quantitative estimate of drug-likeness (QED) is 0.901. The van der Waals surface area contributed by atoms with E-state index in [-0.39, 0.29) is 23.8 Å². The van der Waals surface area contributed by atoms with Crippen molar-refractivity contribution < 1.29 is 19.1 Å². The van der Waals surface area contributed by atoms with Crippen molar-refractivity contribution in [1.82, 2.24) is 9.80 Å². The number of hydrogen-bond donors (Lipinski definition) is 1. The summed E-state index contributed by atoms with van der Waals surface area (Å²) in [5, 5.41) is 10.2. The van der Waals surface area contributed by atoms with Gasteiger partial charge >= 0.3 is 0 Å². The first-order valence-electron chi connectivity index (χ1n) is 9.68. The van der Waals surface area contributed by atoms with Crippen LogP contribution in [0.15, 0.2) is 28.7 Å². The van der Waals surface area contributed by atoms with Gasteiger partial charge in [0, 0.05) is 43.4 Å². The fourth-order valence-corrected chi connectivity index (χ4v) is 4.61. The molecule has 27 heavy (non-hydrogen) atoms. The summed E-state index contributed by atoms with van der Waals surface area (Å²) in [6, 6.07) is 7.73. The molecule has 0 radical (unpaired) electrons. The molecule has 1 aromatic heterocycles. The first-order valence-corrected chi connectivity index (χ1v) is 9.68. The van der Waals surface area contributed by atoms with Gasteiger partial charge in [0.2, 0.25) is 5.91 Å². The molecule has 2 fully saturated rings. The van der Waals surface area contributed by atoms with E-state index in [2.05, 4.69) is 0 Å². The third-order valence-electron chi connectivity index (χ3n) is 6.02. The number of carbonyl (C=O) groups excluding carboxylic acids is 2. The number of rotatable bonds is 3. The van der Waals surface area contributed by atoms with Gasteiger partial charge in [0.15, 0.2) is 5.76 Å². The van der Waals surface area contributed by atoms with Crippen molar-refractivity contribution in [2.45, 2.75) is 32.6 Å². The first-order chi connectivity index (χ1) is 13.0. The number of piperidine rings is 2. The molecule has 2 aliphatic rings. The van der Waals surface area contributed by atoms with E-state index in [1.165, 1.54) is 0 Å². The predicted octanol–water partition coefficient (Wildman–Crippen LogP) is 2.58. The molecule has 2 amide bonds. The van der Waals surface area contributed by atoms with Crippen LogP contribution in [0.2, 0.25) is 0 Å².